The predicted octanol–water partition coefficient (Wildman–Crippen LogP) is 18.0. The van der Waals surface area contributed by atoms with E-state index in [0.29, 0.717) is 5.92 Å². The van der Waals surface area contributed by atoms with E-state index in [4.69, 9.17) is 0 Å². The molecule has 0 heterocycles. The molecule has 11 aromatic rings. The van der Waals surface area contributed by atoms with Crippen LogP contribution in [0.15, 0.2) is 218 Å². The lowest BCUT2D eigenvalue weighted by Gasteiger charge is -2.29. The van der Waals surface area contributed by atoms with Crippen LogP contribution in [0.1, 0.15) is 43.6 Å². The number of benzene rings is 11. The van der Waals surface area contributed by atoms with Crippen molar-refractivity contribution in [2.75, 3.05) is 4.90 Å². The van der Waals surface area contributed by atoms with Crippen molar-refractivity contribution >= 4 is 70.9 Å². The highest BCUT2D eigenvalue weighted by Gasteiger charge is 2.23. The third-order valence-electron chi connectivity index (χ3n) is 13.9. The minimum Gasteiger partial charge on any atom is -0.310 e. The van der Waals surface area contributed by atoms with Crippen molar-refractivity contribution in [1.29, 1.82) is 0 Å². The van der Waals surface area contributed by atoms with E-state index in [0.717, 1.165) is 17.1 Å². The number of rotatable bonds is 7. The van der Waals surface area contributed by atoms with E-state index in [1.54, 1.807) is 0 Å². The first-order valence-electron chi connectivity index (χ1n) is 22.7. The molecule has 1 saturated carbocycles. The van der Waals surface area contributed by atoms with E-state index >= 15 is 0 Å². The van der Waals surface area contributed by atoms with Crippen LogP contribution in [0.5, 0.6) is 0 Å². The Hall–Kier alpha value is -7.48. The number of anilines is 3. The van der Waals surface area contributed by atoms with Crippen molar-refractivity contribution in [1.82, 2.24) is 0 Å². The summed E-state index contributed by atoms with van der Waals surface area (Å²) in [6, 6.07) is 81.3. The molecule has 11 aromatic carbocycles. The second kappa shape index (κ2) is 15.8. The van der Waals surface area contributed by atoms with Gasteiger partial charge in [0.1, 0.15) is 0 Å². The number of fused-ring (bicyclic) bond motifs is 7. The molecule has 0 bridgehead atoms. The van der Waals surface area contributed by atoms with E-state index < -0.39 is 0 Å². The molecule has 0 spiro atoms. The molecule has 0 radical (unpaired) electrons. The zero-order valence-electron chi connectivity index (χ0n) is 35.3. The maximum atomic E-state index is 2.47. The molecular weight excluding hydrogens is 759 g/mol. The van der Waals surface area contributed by atoms with Crippen LogP contribution in [0.25, 0.3) is 87.2 Å². The van der Waals surface area contributed by atoms with Crippen molar-refractivity contribution in [3.05, 3.63) is 224 Å². The van der Waals surface area contributed by atoms with E-state index in [1.807, 2.05) is 0 Å². The maximum absolute atomic E-state index is 2.47. The van der Waals surface area contributed by atoms with Crippen molar-refractivity contribution in [2.24, 2.45) is 0 Å². The quantitative estimate of drug-likeness (QED) is 0.145. The van der Waals surface area contributed by atoms with Crippen LogP contribution >= 0.6 is 0 Å². The van der Waals surface area contributed by atoms with Crippen molar-refractivity contribution in [2.45, 2.75) is 38.0 Å². The second-order valence-corrected chi connectivity index (χ2v) is 17.4. The molecule has 1 fully saturated rings. The fraction of sp³-hybridized carbons (Fsp3) is 0.0968. The summed E-state index contributed by atoms with van der Waals surface area (Å²) in [5.41, 5.74) is 12.3. The Kier molecular flexibility index (Phi) is 9.33. The molecule has 0 unspecified atom stereocenters. The highest BCUT2D eigenvalue weighted by Crippen LogP contribution is 2.47. The van der Waals surface area contributed by atoms with Crippen LogP contribution in [0.3, 0.4) is 0 Å². The summed E-state index contributed by atoms with van der Waals surface area (Å²) in [5.74, 6) is 0.589. The third kappa shape index (κ3) is 6.55. The molecule has 63 heavy (non-hydrogen) atoms. The van der Waals surface area contributed by atoms with E-state index in [2.05, 4.69) is 223 Å². The minimum absolute atomic E-state index is 0.589. The minimum atomic E-state index is 0.589. The number of hydrogen-bond donors (Lipinski definition) is 0. The Labute approximate surface area is 369 Å². The first-order chi connectivity index (χ1) is 31.3. The standard InChI is InChI=1S/C62H47N/c1-2-14-42(15-3-1)54-25-10-18-47-19-11-28-60(62(47)54)59-22-8-9-29-61(59)63(48-36-30-45(31-37-48)52-23-12-26-55-50-20-6-4-16-43(50)34-40-57(52)55)49-38-32-46(33-39-49)53-24-13-27-56-51-21-7-5-17-44(51)35-41-58(53)56/h4-13,16-42H,1-3,14-15H2. The highest BCUT2D eigenvalue weighted by molar-refractivity contribution is 6.13. The lowest BCUT2D eigenvalue weighted by Crippen LogP contribution is -2.11. The lowest BCUT2D eigenvalue weighted by molar-refractivity contribution is 0.445. The Morgan fingerprint density at radius 2 is 0.762 bits per heavy atom. The summed E-state index contributed by atoms with van der Waals surface area (Å²) in [6.07, 6.45) is 6.49. The SMILES string of the molecule is c1ccc(N(c2ccc(-c3cccc4c3ccc3ccccc34)cc2)c2ccc(-c3cccc4c3ccc3ccccc34)cc2)c(-c2cccc3cccc(C4CCCCC4)c23)c1. The van der Waals surface area contributed by atoms with Crippen molar-refractivity contribution < 1.29 is 0 Å². The fourth-order valence-electron chi connectivity index (χ4n) is 10.8. The molecule has 0 atom stereocenters. The Bertz CT molecular complexity index is 3310. The Morgan fingerprint density at radius 3 is 1.37 bits per heavy atom. The van der Waals surface area contributed by atoms with E-state index in [9.17, 15) is 0 Å². The molecule has 12 rings (SSSR count). The summed E-state index contributed by atoms with van der Waals surface area (Å²) in [4.78, 5) is 2.47. The number of nitrogens with zero attached hydrogens (tertiary/aromatic N) is 1. The van der Waals surface area contributed by atoms with Gasteiger partial charge in [-0.3, -0.25) is 0 Å². The molecule has 1 nitrogen and oxygen atoms in total. The summed E-state index contributed by atoms with van der Waals surface area (Å²) in [6.45, 7) is 0. The van der Waals surface area contributed by atoms with Crippen molar-refractivity contribution in [3.8, 4) is 33.4 Å². The first-order valence-corrected chi connectivity index (χ1v) is 22.7. The highest BCUT2D eigenvalue weighted by atomic mass is 15.1. The van der Waals surface area contributed by atoms with Gasteiger partial charge >= 0.3 is 0 Å². The van der Waals surface area contributed by atoms with E-state index in [-0.39, 0.29) is 0 Å². The molecule has 0 N–H and O–H groups in total. The van der Waals surface area contributed by atoms with Gasteiger partial charge in [0.05, 0.1) is 5.69 Å². The summed E-state index contributed by atoms with van der Waals surface area (Å²) < 4.78 is 0. The van der Waals surface area contributed by atoms with Gasteiger partial charge in [0, 0.05) is 16.9 Å². The molecule has 300 valence electrons. The lowest BCUT2D eigenvalue weighted by atomic mass is 9.80. The first kappa shape index (κ1) is 37.3. The number of hydrogen-bond acceptors (Lipinski definition) is 1. The molecule has 1 aliphatic rings. The third-order valence-corrected chi connectivity index (χ3v) is 13.9. The van der Waals surface area contributed by atoms with Gasteiger partial charge in [0.15, 0.2) is 0 Å². The molecule has 1 aliphatic carbocycles. The van der Waals surface area contributed by atoms with Crippen LogP contribution in [0.4, 0.5) is 17.1 Å². The normalized spacial score (nSPS) is 13.3. The maximum Gasteiger partial charge on any atom is 0.0540 e. The molecule has 0 aliphatic heterocycles. The molecule has 0 saturated heterocycles. The second-order valence-electron chi connectivity index (χ2n) is 17.4. The van der Waals surface area contributed by atoms with Gasteiger partial charge in [0.25, 0.3) is 0 Å². The van der Waals surface area contributed by atoms with Gasteiger partial charge in [0.2, 0.25) is 0 Å². The molecular formula is C62H47N. The van der Waals surface area contributed by atoms with Crippen LogP contribution in [0, 0.1) is 0 Å². The summed E-state index contributed by atoms with van der Waals surface area (Å²) >= 11 is 0. The zero-order valence-corrected chi connectivity index (χ0v) is 35.3. The topological polar surface area (TPSA) is 3.24 Å². The summed E-state index contributed by atoms with van der Waals surface area (Å²) in [7, 11) is 0. The molecule has 0 amide bonds. The average molecular weight is 806 g/mol. The fourth-order valence-corrected chi connectivity index (χ4v) is 10.8. The van der Waals surface area contributed by atoms with Gasteiger partial charge in [-0.15, -0.1) is 0 Å². The average Bonchev–Trinajstić information content (AvgIpc) is 3.36. The number of para-hydroxylation sites is 1. The van der Waals surface area contributed by atoms with Crippen LogP contribution in [-0.2, 0) is 0 Å². The smallest absolute Gasteiger partial charge is 0.0540 e. The predicted molar refractivity (Wildman–Crippen MR) is 271 cm³/mol. The largest absolute Gasteiger partial charge is 0.310 e. The van der Waals surface area contributed by atoms with Gasteiger partial charge < -0.3 is 4.90 Å². The summed E-state index contributed by atoms with van der Waals surface area (Å²) in [5, 5.41) is 12.9. The van der Waals surface area contributed by atoms with Crippen LogP contribution in [0.2, 0.25) is 0 Å². The van der Waals surface area contributed by atoms with Gasteiger partial charge in [-0.1, -0.05) is 207 Å². The van der Waals surface area contributed by atoms with Gasteiger partial charge in [-0.05, 0) is 136 Å². The Morgan fingerprint density at radius 1 is 0.302 bits per heavy atom. The molecule has 1 heteroatoms. The van der Waals surface area contributed by atoms with Crippen molar-refractivity contribution in [3.63, 3.8) is 0 Å². The monoisotopic (exact) mass is 805 g/mol. The van der Waals surface area contributed by atoms with Crippen LogP contribution < -0.4 is 4.90 Å². The zero-order chi connectivity index (χ0) is 41.7. The molecule has 0 aromatic heterocycles. The van der Waals surface area contributed by atoms with E-state index in [1.165, 1.54) is 125 Å². The van der Waals surface area contributed by atoms with Crippen LogP contribution in [-0.4, -0.2) is 0 Å². The van der Waals surface area contributed by atoms with Gasteiger partial charge in [-0.25, -0.2) is 0 Å². The van der Waals surface area contributed by atoms with Gasteiger partial charge in [-0.2, -0.15) is 0 Å². The Balaban J connectivity index is 1.01.